The van der Waals surface area contributed by atoms with Crippen LogP contribution in [-0.4, -0.2) is 17.7 Å². The van der Waals surface area contributed by atoms with Crippen molar-refractivity contribution in [3.05, 3.63) is 59.7 Å². The van der Waals surface area contributed by atoms with Crippen molar-refractivity contribution in [1.82, 2.24) is 0 Å². The summed E-state index contributed by atoms with van der Waals surface area (Å²) >= 11 is 0. The highest BCUT2D eigenvalue weighted by Gasteiger charge is 2.14. The summed E-state index contributed by atoms with van der Waals surface area (Å²) in [5.41, 5.74) is 7.27. The smallest absolute Gasteiger partial charge is 0.314 e. The second-order valence-electron chi connectivity index (χ2n) is 4.66. The normalized spacial score (nSPS) is 9.86. The number of anilines is 2. The van der Waals surface area contributed by atoms with Gasteiger partial charge in [-0.15, -0.1) is 0 Å². The van der Waals surface area contributed by atoms with Gasteiger partial charge in [0.05, 0.1) is 0 Å². The van der Waals surface area contributed by atoms with Crippen LogP contribution in [0.2, 0.25) is 0 Å². The van der Waals surface area contributed by atoms with Gasteiger partial charge in [0.2, 0.25) is 5.91 Å². The lowest BCUT2D eigenvalue weighted by atomic mass is 10.2. The molecule has 0 radical (unpaired) electrons. The molecule has 2 aromatic rings. The fourth-order valence-corrected chi connectivity index (χ4v) is 1.80. The van der Waals surface area contributed by atoms with Gasteiger partial charge in [-0.3, -0.25) is 14.4 Å². The summed E-state index contributed by atoms with van der Waals surface area (Å²) in [6.07, 6.45) is 0. The lowest BCUT2D eigenvalue weighted by Crippen LogP contribution is -2.29. The number of nitrogens with two attached hydrogens (primary N) is 1. The molecular weight excluding hydrogens is 282 g/mol. The van der Waals surface area contributed by atoms with E-state index in [-0.39, 0.29) is 0 Å². The van der Waals surface area contributed by atoms with E-state index in [2.05, 4.69) is 10.6 Å². The number of aryl methyl sites for hydroxylation is 1. The predicted molar refractivity (Wildman–Crippen MR) is 83.4 cm³/mol. The van der Waals surface area contributed by atoms with Crippen LogP contribution in [0.3, 0.4) is 0 Å². The zero-order chi connectivity index (χ0) is 16.1. The minimum Gasteiger partial charge on any atom is -0.366 e. The predicted octanol–water partition coefficient (Wildman–Crippen LogP) is 1.67. The average Bonchev–Trinajstić information content (AvgIpc) is 2.50. The highest BCUT2D eigenvalue weighted by molar-refractivity contribution is 6.43. The SMILES string of the molecule is Cc1ccccc1NC(=O)C(=O)Nc1ccc(C(N)=O)cc1. The van der Waals surface area contributed by atoms with Crippen molar-refractivity contribution in [3.8, 4) is 0 Å². The van der Waals surface area contributed by atoms with E-state index >= 15 is 0 Å². The highest BCUT2D eigenvalue weighted by Crippen LogP contribution is 2.13. The first-order chi connectivity index (χ1) is 10.5. The van der Waals surface area contributed by atoms with E-state index in [1.807, 2.05) is 19.1 Å². The summed E-state index contributed by atoms with van der Waals surface area (Å²) in [5.74, 6) is -2.13. The Morgan fingerprint density at radius 1 is 0.864 bits per heavy atom. The molecule has 0 aliphatic carbocycles. The molecule has 2 aromatic carbocycles. The minimum atomic E-state index is -0.796. The Balaban J connectivity index is 2.01. The van der Waals surface area contributed by atoms with E-state index in [9.17, 15) is 14.4 Å². The molecule has 0 saturated heterocycles. The topological polar surface area (TPSA) is 101 Å². The number of rotatable bonds is 3. The second kappa shape index (κ2) is 6.53. The van der Waals surface area contributed by atoms with Gasteiger partial charge in [0.15, 0.2) is 0 Å². The third-order valence-corrected chi connectivity index (χ3v) is 3.03. The first-order valence-corrected chi connectivity index (χ1v) is 6.55. The number of hydrogen-bond acceptors (Lipinski definition) is 3. The Morgan fingerprint density at radius 3 is 2.05 bits per heavy atom. The van der Waals surface area contributed by atoms with E-state index in [1.54, 1.807) is 12.1 Å². The van der Waals surface area contributed by atoms with Crippen LogP contribution >= 0.6 is 0 Å². The van der Waals surface area contributed by atoms with Gasteiger partial charge in [-0.05, 0) is 42.8 Å². The third kappa shape index (κ3) is 3.69. The molecule has 6 nitrogen and oxygen atoms in total. The maximum atomic E-state index is 11.8. The van der Waals surface area contributed by atoms with Gasteiger partial charge in [0.1, 0.15) is 0 Å². The molecule has 0 heterocycles. The van der Waals surface area contributed by atoms with Gasteiger partial charge in [-0.1, -0.05) is 18.2 Å². The first-order valence-electron chi connectivity index (χ1n) is 6.55. The molecule has 0 bridgehead atoms. The Morgan fingerprint density at radius 2 is 1.45 bits per heavy atom. The first kappa shape index (κ1) is 15.2. The molecule has 3 amide bonds. The molecule has 112 valence electrons. The maximum Gasteiger partial charge on any atom is 0.314 e. The van der Waals surface area contributed by atoms with Crippen molar-refractivity contribution in [3.63, 3.8) is 0 Å². The number of carbonyl (C=O) groups is 3. The minimum absolute atomic E-state index is 0.322. The average molecular weight is 297 g/mol. The van der Waals surface area contributed by atoms with Gasteiger partial charge in [-0.2, -0.15) is 0 Å². The Bertz CT molecular complexity index is 724. The third-order valence-electron chi connectivity index (χ3n) is 3.03. The van der Waals surface area contributed by atoms with Gasteiger partial charge in [0.25, 0.3) is 0 Å². The van der Waals surface area contributed by atoms with Crippen LogP contribution < -0.4 is 16.4 Å². The molecular formula is C16H15N3O3. The number of hydrogen-bond donors (Lipinski definition) is 3. The summed E-state index contributed by atoms with van der Waals surface area (Å²) in [7, 11) is 0. The van der Waals surface area contributed by atoms with Crippen molar-refractivity contribution in [1.29, 1.82) is 0 Å². The molecule has 0 saturated carbocycles. The molecule has 22 heavy (non-hydrogen) atoms. The second-order valence-corrected chi connectivity index (χ2v) is 4.66. The summed E-state index contributed by atoms with van der Waals surface area (Å²) < 4.78 is 0. The summed E-state index contributed by atoms with van der Waals surface area (Å²) in [5, 5.41) is 4.98. The van der Waals surface area contributed by atoms with Crippen LogP contribution in [0.1, 0.15) is 15.9 Å². The fourth-order valence-electron chi connectivity index (χ4n) is 1.80. The van der Waals surface area contributed by atoms with Gasteiger partial charge < -0.3 is 16.4 Å². The molecule has 0 spiro atoms. The summed E-state index contributed by atoms with van der Waals surface area (Å²) in [6.45, 7) is 1.83. The van der Waals surface area contributed by atoms with Gasteiger partial charge in [-0.25, -0.2) is 0 Å². The van der Waals surface area contributed by atoms with Gasteiger partial charge >= 0.3 is 11.8 Å². The molecule has 0 unspecified atom stereocenters. The Kier molecular flexibility index (Phi) is 4.53. The van der Waals surface area contributed by atoms with Crippen LogP contribution in [0.15, 0.2) is 48.5 Å². The Labute approximate surface area is 127 Å². The van der Waals surface area contributed by atoms with E-state index in [1.165, 1.54) is 24.3 Å². The van der Waals surface area contributed by atoms with Crippen molar-refractivity contribution in [2.24, 2.45) is 5.73 Å². The maximum absolute atomic E-state index is 11.8. The largest absolute Gasteiger partial charge is 0.366 e. The van der Waals surface area contributed by atoms with Crippen LogP contribution in [0.4, 0.5) is 11.4 Å². The van der Waals surface area contributed by atoms with Crippen molar-refractivity contribution < 1.29 is 14.4 Å². The zero-order valence-corrected chi connectivity index (χ0v) is 11.9. The number of amides is 3. The van der Waals surface area contributed by atoms with Crippen LogP contribution in [0.5, 0.6) is 0 Å². The molecule has 0 aromatic heterocycles. The van der Waals surface area contributed by atoms with Gasteiger partial charge in [0, 0.05) is 16.9 Å². The van der Waals surface area contributed by atoms with E-state index < -0.39 is 17.7 Å². The lowest BCUT2D eigenvalue weighted by Gasteiger charge is -2.08. The number of benzene rings is 2. The van der Waals surface area contributed by atoms with Crippen LogP contribution in [0, 0.1) is 6.92 Å². The number of para-hydroxylation sites is 1. The highest BCUT2D eigenvalue weighted by atomic mass is 16.2. The quantitative estimate of drug-likeness (QED) is 0.751. The molecule has 0 aliphatic rings. The number of primary amides is 1. The van der Waals surface area contributed by atoms with Crippen LogP contribution in [0.25, 0.3) is 0 Å². The number of nitrogens with one attached hydrogen (secondary N) is 2. The van der Waals surface area contributed by atoms with Crippen molar-refractivity contribution >= 4 is 29.1 Å². The molecule has 0 atom stereocenters. The standard InChI is InChI=1S/C16H15N3O3/c1-10-4-2-3-5-13(10)19-16(22)15(21)18-12-8-6-11(7-9-12)14(17)20/h2-9H,1H3,(H2,17,20)(H,18,21)(H,19,22). The molecule has 0 fully saturated rings. The summed E-state index contributed by atoms with van der Waals surface area (Å²) in [4.78, 5) is 34.6. The van der Waals surface area contributed by atoms with Crippen LogP contribution in [-0.2, 0) is 9.59 Å². The molecule has 0 aliphatic heterocycles. The molecule has 6 heteroatoms. The number of carbonyl (C=O) groups excluding carboxylic acids is 3. The Hall–Kier alpha value is -3.15. The molecule has 2 rings (SSSR count). The fraction of sp³-hybridized carbons (Fsp3) is 0.0625. The summed E-state index contributed by atoms with van der Waals surface area (Å²) in [6, 6.07) is 13.1. The zero-order valence-electron chi connectivity index (χ0n) is 11.9. The lowest BCUT2D eigenvalue weighted by molar-refractivity contribution is -0.133. The molecule has 4 N–H and O–H groups in total. The monoisotopic (exact) mass is 297 g/mol. The van der Waals surface area contributed by atoms with E-state index in [4.69, 9.17) is 5.73 Å². The van der Waals surface area contributed by atoms with Crippen molar-refractivity contribution in [2.75, 3.05) is 10.6 Å². The van der Waals surface area contributed by atoms with Crippen molar-refractivity contribution in [2.45, 2.75) is 6.92 Å². The van der Waals surface area contributed by atoms with E-state index in [0.717, 1.165) is 5.56 Å². The van der Waals surface area contributed by atoms with E-state index in [0.29, 0.717) is 16.9 Å².